The molecule has 4 nitrogen and oxygen atoms in total. The number of hydrogen-bond donors (Lipinski definition) is 1. The van der Waals surface area contributed by atoms with Crippen LogP contribution in [0.3, 0.4) is 0 Å². The van der Waals surface area contributed by atoms with E-state index < -0.39 is 10.0 Å². The fourth-order valence-corrected chi connectivity index (χ4v) is 4.64. The van der Waals surface area contributed by atoms with Gasteiger partial charge in [-0.1, -0.05) is 41.9 Å². The summed E-state index contributed by atoms with van der Waals surface area (Å²) in [6, 6.07) is 13.3. The van der Waals surface area contributed by atoms with E-state index in [2.05, 4.69) is 21.8 Å². The standard InChI is InChI=1S/C15H19ClN2O2S2/c1-18(12-13-6-3-2-4-7-13)11-5-10-17-22(19,20)15-9-8-14(16)21-15/h2-4,6-9,17H,5,10-12H2,1H3. The summed E-state index contributed by atoms with van der Waals surface area (Å²) in [6.07, 6.45) is 0.752. The Hall–Kier alpha value is -0.920. The second-order valence-electron chi connectivity index (χ2n) is 5.03. The van der Waals surface area contributed by atoms with Gasteiger partial charge >= 0.3 is 0 Å². The minimum atomic E-state index is -3.43. The van der Waals surface area contributed by atoms with Gasteiger partial charge in [-0.2, -0.15) is 0 Å². The lowest BCUT2D eigenvalue weighted by atomic mass is 10.2. The van der Waals surface area contributed by atoms with Crippen LogP contribution in [0.25, 0.3) is 0 Å². The Morgan fingerprint density at radius 1 is 1.18 bits per heavy atom. The molecular formula is C15H19ClN2O2S2. The molecule has 0 saturated heterocycles. The zero-order chi connectivity index (χ0) is 16.0. The van der Waals surface area contributed by atoms with Gasteiger partial charge in [0.1, 0.15) is 4.21 Å². The molecule has 7 heteroatoms. The molecule has 1 N–H and O–H groups in total. The predicted molar refractivity (Wildman–Crippen MR) is 91.9 cm³/mol. The number of nitrogens with one attached hydrogen (secondary N) is 1. The summed E-state index contributed by atoms with van der Waals surface area (Å²) in [5.41, 5.74) is 1.25. The third-order valence-electron chi connectivity index (χ3n) is 3.12. The van der Waals surface area contributed by atoms with Gasteiger partial charge in [-0.05, 0) is 37.7 Å². The fourth-order valence-electron chi connectivity index (χ4n) is 2.04. The van der Waals surface area contributed by atoms with Crippen LogP contribution >= 0.6 is 22.9 Å². The van der Waals surface area contributed by atoms with E-state index in [9.17, 15) is 8.42 Å². The van der Waals surface area contributed by atoms with Crippen molar-refractivity contribution in [3.05, 3.63) is 52.4 Å². The van der Waals surface area contributed by atoms with E-state index in [1.165, 1.54) is 11.6 Å². The van der Waals surface area contributed by atoms with Gasteiger partial charge in [-0.15, -0.1) is 11.3 Å². The van der Waals surface area contributed by atoms with Crippen molar-refractivity contribution < 1.29 is 8.42 Å². The molecule has 0 bridgehead atoms. The van der Waals surface area contributed by atoms with Crippen molar-refractivity contribution in [3.8, 4) is 0 Å². The highest BCUT2D eigenvalue weighted by molar-refractivity contribution is 7.91. The zero-order valence-electron chi connectivity index (χ0n) is 12.3. The number of nitrogens with zero attached hydrogens (tertiary/aromatic N) is 1. The van der Waals surface area contributed by atoms with Gasteiger partial charge < -0.3 is 4.90 Å². The molecule has 0 fully saturated rings. The van der Waals surface area contributed by atoms with Gasteiger partial charge in [0, 0.05) is 13.1 Å². The minimum absolute atomic E-state index is 0.259. The van der Waals surface area contributed by atoms with Crippen LogP contribution < -0.4 is 4.72 Å². The quantitative estimate of drug-likeness (QED) is 0.737. The van der Waals surface area contributed by atoms with Crippen LogP contribution in [0.4, 0.5) is 0 Å². The van der Waals surface area contributed by atoms with Gasteiger partial charge in [0.2, 0.25) is 10.0 Å². The Bertz CT molecular complexity index is 687. The third-order valence-corrected chi connectivity index (χ3v) is 6.30. The normalized spacial score (nSPS) is 12.0. The average Bonchev–Trinajstić information content (AvgIpc) is 2.92. The summed E-state index contributed by atoms with van der Waals surface area (Å²) in [4.78, 5) is 2.17. The molecule has 0 saturated carbocycles. The highest BCUT2D eigenvalue weighted by Crippen LogP contribution is 2.25. The van der Waals surface area contributed by atoms with Gasteiger partial charge in [-0.25, -0.2) is 13.1 Å². The Labute approximate surface area is 140 Å². The monoisotopic (exact) mass is 358 g/mol. The van der Waals surface area contributed by atoms with Gasteiger partial charge in [0.05, 0.1) is 4.34 Å². The summed E-state index contributed by atoms with van der Waals surface area (Å²) in [6.45, 7) is 2.09. The number of rotatable bonds is 8. The third kappa shape index (κ3) is 5.37. The Balaban J connectivity index is 1.73. The summed E-state index contributed by atoms with van der Waals surface area (Å²) in [5, 5.41) is 0. The van der Waals surface area contributed by atoms with Crippen LogP contribution in [-0.2, 0) is 16.6 Å². The van der Waals surface area contributed by atoms with E-state index in [1.807, 2.05) is 25.2 Å². The lowest BCUT2D eigenvalue weighted by Gasteiger charge is -2.16. The molecule has 22 heavy (non-hydrogen) atoms. The molecule has 0 aliphatic rings. The number of hydrogen-bond acceptors (Lipinski definition) is 4. The smallest absolute Gasteiger partial charge is 0.250 e. The van der Waals surface area contributed by atoms with E-state index in [1.54, 1.807) is 6.07 Å². The van der Waals surface area contributed by atoms with Crippen molar-refractivity contribution in [2.24, 2.45) is 0 Å². The lowest BCUT2D eigenvalue weighted by Crippen LogP contribution is -2.27. The van der Waals surface area contributed by atoms with E-state index >= 15 is 0 Å². The molecule has 120 valence electrons. The van der Waals surface area contributed by atoms with Gasteiger partial charge in [0.25, 0.3) is 0 Å². The second-order valence-corrected chi connectivity index (χ2v) is 8.74. The largest absolute Gasteiger partial charge is 0.302 e. The predicted octanol–water partition coefficient (Wildman–Crippen LogP) is 3.20. The molecule has 0 amide bonds. The SMILES string of the molecule is CN(CCCNS(=O)(=O)c1ccc(Cl)s1)Cc1ccccc1. The molecule has 0 atom stereocenters. The molecule has 2 aromatic rings. The van der Waals surface area contributed by atoms with Crippen LogP contribution in [0.1, 0.15) is 12.0 Å². The van der Waals surface area contributed by atoms with Crippen LogP contribution in [0.2, 0.25) is 4.34 Å². The molecule has 0 spiro atoms. The van der Waals surface area contributed by atoms with Crippen molar-refractivity contribution >= 4 is 33.0 Å². The van der Waals surface area contributed by atoms with Crippen LogP contribution in [0.15, 0.2) is 46.7 Å². The summed E-state index contributed by atoms with van der Waals surface area (Å²) >= 11 is 6.83. The fraction of sp³-hybridized carbons (Fsp3) is 0.333. The number of sulfonamides is 1. The first-order valence-electron chi connectivity index (χ1n) is 6.95. The summed E-state index contributed by atoms with van der Waals surface area (Å²) in [5.74, 6) is 0. The molecule has 0 aliphatic heterocycles. The molecule has 1 heterocycles. The molecule has 1 aromatic carbocycles. The average molecular weight is 359 g/mol. The Morgan fingerprint density at radius 3 is 2.55 bits per heavy atom. The van der Waals surface area contributed by atoms with Gasteiger partial charge in [0.15, 0.2) is 0 Å². The number of benzene rings is 1. The summed E-state index contributed by atoms with van der Waals surface area (Å²) in [7, 11) is -1.40. The zero-order valence-corrected chi connectivity index (χ0v) is 14.7. The maximum absolute atomic E-state index is 12.0. The van der Waals surface area contributed by atoms with Crippen molar-refractivity contribution in [2.75, 3.05) is 20.1 Å². The number of halogens is 1. The van der Waals surface area contributed by atoms with E-state index in [0.717, 1.165) is 30.8 Å². The van der Waals surface area contributed by atoms with Crippen molar-refractivity contribution in [2.45, 2.75) is 17.2 Å². The van der Waals surface area contributed by atoms with E-state index in [4.69, 9.17) is 11.6 Å². The van der Waals surface area contributed by atoms with E-state index in [-0.39, 0.29) is 4.21 Å². The first kappa shape index (κ1) is 17.4. The first-order chi connectivity index (χ1) is 10.5. The highest BCUT2D eigenvalue weighted by atomic mass is 35.5. The first-order valence-corrected chi connectivity index (χ1v) is 9.62. The molecule has 1 aromatic heterocycles. The molecular weight excluding hydrogens is 340 g/mol. The maximum atomic E-state index is 12.0. The number of thiophene rings is 1. The van der Waals surface area contributed by atoms with Crippen LogP contribution in [0.5, 0.6) is 0 Å². The van der Waals surface area contributed by atoms with Gasteiger partial charge in [-0.3, -0.25) is 0 Å². The molecule has 0 unspecified atom stereocenters. The molecule has 0 aliphatic carbocycles. The molecule has 0 radical (unpaired) electrons. The van der Waals surface area contributed by atoms with Crippen molar-refractivity contribution in [1.29, 1.82) is 0 Å². The maximum Gasteiger partial charge on any atom is 0.250 e. The van der Waals surface area contributed by atoms with E-state index in [0.29, 0.717) is 10.9 Å². The molecule has 2 rings (SSSR count). The lowest BCUT2D eigenvalue weighted by molar-refractivity contribution is 0.322. The topological polar surface area (TPSA) is 49.4 Å². The Kier molecular flexibility index (Phi) is 6.40. The van der Waals surface area contributed by atoms with Crippen LogP contribution in [-0.4, -0.2) is 33.5 Å². The highest BCUT2D eigenvalue weighted by Gasteiger charge is 2.15. The second kappa shape index (κ2) is 8.08. The minimum Gasteiger partial charge on any atom is -0.302 e. The van der Waals surface area contributed by atoms with Crippen molar-refractivity contribution in [3.63, 3.8) is 0 Å². The van der Waals surface area contributed by atoms with Crippen molar-refractivity contribution in [1.82, 2.24) is 9.62 Å². The Morgan fingerprint density at radius 2 is 1.91 bits per heavy atom. The van der Waals surface area contributed by atoms with Crippen LogP contribution in [0, 0.1) is 0 Å². The summed E-state index contributed by atoms with van der Waals surface area (Å²) < 4.78 is 27.4.